The van der Waals surface area contributed by atoms with E-state index in [4.69, 9.17) is 0 Å². The number of hydrogen-bond acceptors (Lipinski definition) is 2. The maximum absolute atomic E-state index is 11.6. The highest BCUT2D eigenvalue weighted by molar-refractivity contribution is 5.98. The fraction of sp³-hybridized carbons (Fsp3) is 0.875. The minimum atomic E-state index is -0.0487. The minimum Gasteiger partial charge on any atom is -0.296 e. The molecule has 1 spiro atoms. The molecular weight excluding hydrogens is 238 g/mol. The minimum absolute atomic E-state index is 0.0184. The van der Waals surface area contributed by atoms with Crippen molar-refractivity contribution < 1.29 is 9.59 Å². The Morgan fingerprint density at radius 1 is 0.789 bits per heavy atom. The molecule has 1 aliphatic heterocycles. The van der Waals surface area contributed by atoms with Crippen LogP contribution in [0.4, 0.5) is 0 Å². The van der Waals surface area contributed by atoms with Gasteiger partial charge in [-0.15, -0.1) is 0 Å². The highest BCUT2D eigenvalue weighted by Crippen LogP contribution is 2.49. The third kappa shape index (κ3) is 2.85. The third-order valence-electron chi connectivity index (χ3n) is 5.76. The highest BCUT2D eigenvalue weighted by atomic mass is 16.2. The van der Waals surface area contributed by atoms with Gasteiger partial charge in [0.1, 0.15) is 0 Å². The molecule has 2 saturated carbocycles. The zero-order valence-corrected chi connectivity index (χ0v) is 11.7. The lowest BCUT2D eigenvalue weighted by molar-refractivity contribution is -0.139. The predicted octanol–water partition coefficient (Wildman–Crippen LogP) is 3.18. The van der Waals surface area contributed by atoms with E-state index in [1.165, 1.54) is 44.9 Å². The second-order valence-electron chi connectivity index (χ2n) is 7.06. The Morgan fingerprint density at radius 2 is 1.32 bits per heavy atom. The number of amides is 2. The Kier molecular flexibility index (Phi) is 3.64. The molecule has 0 radical (unpaired) electrons. The molecule has 0 bridgehead atoms. The Labute approximate surface area is 115 Å². The average molecular weight is 263 g/mol. The summed E-state index contributed by atoms with van der Waals surface area (Å²) in [4.78, 5) is 23.2. The van der Waals surface area contributed by atoms with E-state index in [9.17, 15) is 9.59 Å². The quantitative estimate of drug-likeness (QED) is 0.739. The van der Waals surface area contributed by atoms with Crippen molar-refractivity contribution in [3.8, 4) is 0 Å². The van der Waals surface area contributed by atoms with Gasteiger partial charge in [-0.3, -0.25) is 14.9 Å². The first-order valence-electron chi connectivity index (χ1n) is 8.00. The standard InChI is InChI=1S/C16H25NO2/c18-14-10-16(11-15(19)17-14)8-6-13(7-9-16)12-4-2-1-3-5-12/h12-13H,1-11H2,(H,17,18,19). The smallest absolute Gasteiger partial charge is 0.227 e. The molecular formula is C16H25NO2. The van der Waals surface area contributed by atoms with Crippen molar-refractivity contribution in [2.45, 2.75) is 70.6 Å². The third-order valence-corrected chi connectivity index (χ3v) is 5.76. The molecule has 3 rings (SSSR count). The van der Waals surface area contributed by atoms with Crippen molar-refractivity contribution in [3.05, 3.63) is 0 Å². The van der Waals surface area contributed by atoms with Crippen LogP contribution in [0.5, 0.6) is 0 Å². The zero-order chi connectivity index (χ0) is 13.3. The Bertz CT molecular complexity index is 345. The van der Waals surface area contributed by atoms with Crippen LogP contribution in [0.2, 0.25) is 0 Å². The van der Waals surface area contributed by atoms with Crippen LogP contribution in [0.15, 0.2) is 0 Å². The van der Waals surface area contributed by atoms with Gasteiger partial charge in [0, 0.05) is 12.8 Å². The molecule has 1 N–H and O–H groups in total. The summed E-state index contributed by atoms with van der Waals surface area (Å²) >= 11 is 0. The first-order valence-corrected chi connectivity index (χ1v) is 8.00. The van der Waals surface area contributed by atoms with Crippen LogP contribution >= 0.6 is 0 Å². The SMILES string of the molecule is O=C1CC2(CCC(C3CCCCC3)CC2)CC(=O)N1. The molecule has 19 heavy (non-hydrogen) atoms. The number of nitrogens with one attached hydrogen (secondary N) is 1. The van der Waals surface area contributed by atoms with E-state index in [0.29, 0.717) is 12.8 Å². The Hall–Kier alpha value is -0.860. The molecule has 106 valence electrons. The lowest BCUT2D eigenvalue weighted by atomic mass is 9.62. The molecule has 2 aliphatic carbocycles. The Morgan fingerprint density at radius 3 is 1.89 bits per heavy atom. The van der Waals surface area contributed by atoms with E-state index >= 15 is 0 Å². The Balaban J connectivity index is 1.59. The summed E-state index contributed by atoms with van der Waals surface area (Å²) in [5.41, 5.74) is 0.0184. The molecule has 2 amide bonds. The van der Waals surface area contributed by atoms with Crippen LogP contribution in [-0.2, 0) is 9.59 Å². The van der Waals surface area contributed by atoms with E-state index in [0.717, 1.165) is 24.7 Å². The van der Waals surface area contributed by atoms with Gasteiger partial charge >= 0.3 is 0 Å². The molecule has 0 unspecified atom stereocenters. The lowest BCUT2D eigenvalue weighted by Gasteiger charge is -2.44. The van der Waals surface area contributed by atoms with Crippen molar-refractivity contribution in [2.24, 2.45) is 17.3 Å². The summed E-state index contributed by atoms with van der Waals surface area (Å²) in [6, 6.07) is 0. The van der Waals surface area contributed by atoms with Crippen molar-refractivity contribution in [3.63, 3.8) is 0 Å². The molecule has 3 aliphatic rings. The second-order valence-corrected chi connectivity index (χ2v) is 7.06. The summed E-state index contributed by atoms with van der Waals surface area (Å²) in [6.07, 6.45) is 12.9. The van der Waals surface area contributed by atoms with Crippen molar-refractivity contribution >= 4 is 11.8 Å². The van der Waals surface area contributed by atoms with Gasteiger partial charge in [0.25, 0.3) is 0 Å². The monoisotopic (exact) mass is 263 g/mol. The topological polar surface area (TPSA) is 46.2 Å². The first kappa shape index (κ1) is 13.1. The zero-order valence-electron chi connectivity index (χ0n) is 11.7. The molecule has 0 aromatic rings. The van der Waals surface area contributed by atoms with Gasteiger partial charge in [0.15, 0.2) is 0 Å². The van der Waals surface area contributed by atoms with Crippen LogP contribution in [0.1, 0.15) is 70.6 Å². The molecule has 3 heteroatoms. The van der Waals surface area contributed by atoms with Gasteiger partial charge in [-0.1, -0.05) is 32.1 Å². The van der Waals surface area contributed by atoms with E-state index in [2.05, 4.69) is 5.32 Å². The average Bonchev–Trinajstić information content (AvgIpc) is 2.39. The highest BCUT2D eigenvalue weighted by Gasteiger charge is 2.43. The molecule has 0 aromatic carbocycles. The van der Waals surface area contributed by atoms with Crippen molar-refractivity contribution in [1.82, 2.24) is 5.32 Å². The summed E-state index contributed by atoms with van der Waals surface area (Å²) in [6.45, 7) is 0. The number of carbonyl (C=O) groups is 2. The first-order chi connectivity index (χ1) is 9.17. The van der Waals surface area contributed by atoms with E-state index in [1.54, 1.807) is 0 Å². The lowest BCUT2D eigenvalue weighted by Crippen LogP contribution is -2.46. The van der Waals surface area contributed by atoms with Gasteiger partial charge < -0.3 is 0 Å². The number of hydrogen-bond donors (Lipinski definition) is 1. The molecule has 0 atom stereocenters. The van der Waals surface area contributed by atoms with E-state index in [1.807, 2.05) is 0 Å². The molecule has 0 aromatic heterocycles. The molecule has 3 nitrogen and oxygen atoms in total. The summed E-state index contributed by atoms with van der Waals surface area (Å²) in [5, 5.41) is 2.45. The van der Waals surface area contributed by atoms with Crippen LogP contribution in [0.3, 0.4) is 0 Å². The summed E-state index contributed by atoms with van der Waals surface area (Å²) < 4.78 is 0. The number of piperidine rings is 1. The van der Waals surface area contributed by atoms with Crippen LogP contribution < -0.4 is 5.32 Å². The van der Waals surface area contributed by atoms with Crippen LogP contribution in [0, 0.1) is 17.3 Å². The van der Waals surface area contributed by atoms with E-state index < -0.39 is 0 Å². The summed E-state index contributed by atoms with van der Waals surface area (Å²) in [5.74, 6) is 1.70. The maximum Gasteiger partial charge on any atom is 0.227 e. The summed E-state index contributed by atoms with van der Waals surface area (Å²) in [7, 11) is 0. The number of rotatable bonds is 1. The van der Waals surface area contributed by atoms with Crippen LogP contribution in [-0.4, -0.2) is 11.8 Å². The molecule has 1 heterocycles. The van der Waals surface area contributed by atoms with Gasteiger partial charge in [-0.05, 0) is 42.9 Å². The van der Waals surface area contributed by atoms with E-state index in [-0.39, 0.29) is 17.2 Å². The van der Waals surface area contributed by atoms with Gasteiger partial charge in [0.05, 0.1) is 0 Å². The van der Waals surface area contributed by atoms with Gasteiger partial charge in [-0.2, -0.15) is 0 Å². The van der Waals surface area contributed by atoms with Crippen LogP contribution in [0.25, 0.3) is 0 Å². The van der Waals surface area contributed by atoms with Crippen molar-refractivity contribution in [1.29, 1.82) is 0 Å². The predicted molar refractivity (Wildman–Crippen MR) is 73.3 cm³/mol. The largest absolute Gasteiger partial charge is 0.296 e. The fourth-order valence-corrected chi connectivity index (χ4v) is 4.67. The normalized spacial score (nSPS) is 29.5. The molecule has 1 saturated heterocycles. The fourth-order valence-electron chi connectivity index (χ4n) is 4.67. The van der Waals surface area contributed by atoms with Crippen molar-refractivity contribution in [2.75, 3.05) is 0 Å². The maximum atomic E-state index is 11.6. The number of imide groups is 1. The van der Waals surface area contributed by atoms with Gasteiger partial charge in [-0.25, -0.2) is 0 Å². The molecule has 3 fully saturated rings. The second kappa shape index (κ2) is 5.26. The number of carbonyl (C=O) groups excluding carboxylic acids is 2. The van der Waals surface area contributed by atoms with Gasteiger partial charge in [0.2, 0.25) is 11.8 Å².